The van der Waals surface area contributed by atoms with Crippen molar-refractivity contribution < 1.29 is 19.1 Å². The molecule has 0 aliphatic carbocycles. The maximum Gasteiger partial charge on any atom is 0.309 e. The van der Waals surface area contributed by atoms with E-state index in [0.717, 1.165) is 13.1 Å². The average molecular weight is 305 g/mol. The Balaban J connectivity index is 2.04. The van der Waals surface area contributed by atoms with Gasteiger partial charge < -0.3 is 9.47 Å². The first kappa shape index (κ1) is 16.5. The minimum Gasteiger partial charge on any atom is -0.469 e. The number of methoxy groups -OCH3 is 2. The highest BCUT2D eigenvalue weighted by atomic mass is 16.5. The molecule has 0 bridgehead atoms. The standard InChI is InChI=1S/C17H23NO4/c1-21-16(19)9-14-8-15(17(20)22-2)12-18(11-14)10-13-6-4-3-5-7-13/h3-7,14-15H,8-12H2,1-2H3. The Bertz CT molecular complexity index is 503. The molecule has 2 rings (SSSR count). The third-order valence-corrected chi connectivity index (χ3v) is 4.08. The molecule has 2 unspecified atom stereocenters. The number of piperidine rings is 1. The Labute approximate surface area is 131 Å². The number of hydrogen-bond donors (Lipinski definition) is 0. The minimum atomic E-state index is -0.227. The van der Waals surface area contributed by atoms with Gasteiger partial charge in [-0.1, -0.05) is 30.3 Å². The molecule has 0 saturated carbocycles. The lowest BCUT2D eigenvalue weighted by Gasteiger charge is -2.36. The number of esters is 2. The molecule has 5 heteroatoms. The van der Waals surface area contributed by atoms with Crippen LogP contribution in [0.1, 0.15) is 18.4 Å². The molecule has 0 N–H and O–H groups in total. The first-order valence-electron chi connectivity index (χ1n) is 7.53. The number of hydrogen-bond acceptors (Lipinski definition) is 5. The van der Waals surface area contributed by atoms with Crippen LogP contribution in [-0.4, -0.2) is 44.1 Å². The summed E-state index contributed by atoms with van der Waals surface area (Å²) in [7, 11) is 2.80. The van der Waals surface area contributed by atoms with Crippen LogP contribution in [0.2, 0.25) is 0 Å². The summed E-state index contributed by atoms with van der Waals surface area (Å²) in [5.41, 5.74) is 1.20. The van der Waals surface area contributed by atoms with E-state index >= 15 is 0 Å². The van der Waals surface area contributed by atoms with Crippen molar-refractivity contribution in [3.8, 4) is 0 Å². The molecule has 5 nitrogen and oxygen atoms in total. The molecule has 1 fully saturated rings. The Morgan fingerprint density at radius 1 is 1.14 bits per heavy atom. The van der Waals surface area contributed by atoms with Gasteiger partial charge in [-0.2, -0.15) is 0 Å². The molecule has 2 atom stereocenters. The number of benzene rings is 1. The second-order valence-corrected chi connectivity index (χ2v) is 5.78. The summed E-state index contributed by atoms with van der Waals surface area (Å²) in [5, 5.41) is 0. The van der Waals surface area contributed by atoms with Crippen molar-refractivity contribution in [2.24, 2.45) is 11.8 Å². The molecule has 1 aliphatic rings. The van der Waals surface area contributed by atoms with E-state index in [9.17, 15) is 9.59 Å². The molecule has 1 heterocycles. The Morgan fingerprint density at radius 2 is 1.86 bits per heavy atom. The molecule has 0 aromatic heterocycles. The molecular formula is C17H23NO4. The van der Waals surface area contributed by atoms with Gasteiger partial charge in [-0.3, -0.25) is 14.5 Å². The number of likely N-dealkylation sites (tertiary alicyclic amines) is 1. The Morgan fingerprint density at radius 3 is 2.50 bits per heavy atom. The van der Waals surface area contributed by atoms with Gasteiger partial charge in [-0.05, 0) is 17.9 Å². The van der Waals surface area contributed by atoms with Crippen molar-refractivity contribution in [1.29, 1.82) is 0 Å². The van der Waals surface area contributed by atoms with E-state index in [-0.39, 0.29) is 23.8 Å². The predicted octanol–water partition coefficient (Wildman–Crippen LogP) is 1.86. The third kappa shape index (κ3) is 4.56. The molecule has 120 valence electrons. The van der Waals surface area contributed by atoms with Crippen LogP contribution in [0.15, 0.2) is 30.3 Å². The van der Waals surface area contributed by atoms with Crippen LogP contribution in [0.3, 0.4) is 0 Å². The van der Waals surface area contributed by atoms with Gasteiger partial charge in [0.15, 0.2) is 0 Å². The van der Waals surface area contributed by atoms with Gasteiger partial charge >= 0.3 is 11.9 Å². The summed E-state index contributed by atoms with van der Waals surface area (Å²) >= 11 is 0. The van der Waals surface area contributed by atoms with Crippen molar-refractivity contribution in [1.82, 2.24) is 4.90 Å². The van der Waals surface area contributed by atoms with Gasteiger partial charge in [0.25, 0.3) is 0 Å². The summed E-state index contributed by atoms with van der Waals surface area (Å²) in [5.74, 6) is -0.492. The van der Waals surface area contributed by atoms with E-state index in [2.05, 4.69) is 17.0 Å². The van der Waals surface area contributed by atoms with Crippen molar-refractivity contribution in [2.45, 2.75) is 19.4 Å². The molecule has 1 aliphatic heterocycles. The largest absolute Gasteiger partial charge is 0.469 e. The molecule has 0 radical (unpaired) electrons. The molecule has 1 aromatic rings. The van der Waals surface area contributed by atoms with Crippen LogP contribution >= 0.6 is 0 Å². The van der Waals surface area contributed by atoms with E-state index in [4.69, 9.17) is 9.47 Å². The fraction of sp³-hybridized carbons (Fsp3) is 0.529. The highest BCUT2D eigenvalue weighted by Crippen LogP contribution is 2.26. The van der Waals surface area contributed by atoms with Crippen LogP contribution in [0, 0.1) is 11.8 Å². The van der Waals surface area contributed by atoms with Gasteiger partial charge in [-0.25, -0.2) is 0 Å². The number of carbonyl (C=O) groups is 2. The molecule has 0 amide bonds. The maximum atomic E-state index is 11.9. The first-order valence-corrected chi connectivity index (χ1v) is 7.53. The summed E-state index contributed by atoms with van der Waals surface area (Å²) in [6, 6.07) is 10.1. The Hall–Kier alpha value is -1.88. The minimum absolute atomic E-state index is 0.119. The zero-order valence-corrected chi connectivity index (χ0v) is 13.2. The lowest BCUT2D eigenvalue weighted by molar-refractivity contribution is -0.150. The van der Waals surface area contributed by atoms with E-state index in [1.807, 2.05) is 18.2 Å². The summed E-state index contributed by atoms with van der Waals surface area (Å²) in [4.78, 5) is 25.7. The third-order valence-electron chi connectivity index (χ3n) is 4.08. The van der Waals surface area contributed by atoms with E-state index in [1.54, 1.807) is 0 Å². The molecular weight excluding hydrogens is 282 g/mol. The van der Waals surface area contributed by atoms with Crippen molar-refractivity contribution in [3.05, 3.63) is 35.9 Å². The van der Waals surface area contributed by atoms with Crippen LogP contribution in [-0.2, 0) is 25.6 Å². The monoisotopic (exact) mass is 305 g/mol. The zero-order valence-electron chi connectivity index (χ0n) is 13.2. The second kappa shape index (κ2) is 7.94. The smallest absolute Gasteiger partial charge is 0.309 e. The predicted molar refractivity (Wildman–Crippen MR) is 82.0 cm³/mol. The zero-order chi connectivity index (χ0) is 15.9. The number of ether oxygens (including phenoxy) is 2. The van der Waals surface area contributed by atoms with Crippen LogP contribution in [0.4, 0.5) is 0 Å². The van der Waals surface area contributed by atoms with Gasteiger partial charge in [0.1, 0.15) is 0 Å². The fourth-order valence-corrected chi connectivity index (χ4v) is 3.08. The highest BCUT2D eigenvalue weighted by molar-refractivity contribution is 5.73. The van der Waals surface area contributed by atoms with Crippen molar-refractivity contribution >= 4 is 11.9 Å². The number of nitrogens with zero attached hydrogens (tertiary/aromatic N) is 1. The Kier molecular flexibility index (Phi) is 5.95. The lowest BCUT2D eigenvalue weighted by atomic mass is 9.87. The van der Waals surface area contributed by atoms with Gasteiger partial charge in [-0.15, -0.1) is 0 Å². The van der Waals surface area contributed by atoms with Gasteiger partial charge in [0, 0.05) is 26.1 Å². The molecule has 1 saturated heterocycles. The van der Waals surface area contributed by atoms with Gasteiger partial charge in [0.2, 0.25) is 0 Å². The molecule has 22 heavy (non-hydrogen) atoms. The SMILES string of the molecule is COC(=O)CC1CC(C(=O)OC)CN(Cc2ccccc2)C1. The maximum absolute atomic E-state index is 11.9. The second-order valence-electron chi connectivity index (χ2n) is 5.78. The van der Waals surface area contributed by atoms with Crippen molar-refractivity contribution in [2.75, 3.05) is 27.3 Å². The summed E-state index contributed by atoms with van der Waals surface area (Å²) in [6.45, 7) is 2.22. The quantitative estimate of drug-likeness (QED) is 0.777. The number of rotatable bonds is 5. The van der Waals surface area contributed by atoms with Crippen LogP contribution < -0.4 is 0 Å². The number of carbonyl (C=O) groups excluding carboxylic acids is 2. The van der Waals surface area contributed by atoms with Crippen LogP contribution in [0.25, 0.3) is 0 Å². The lowest BCUT2D eigenvalue weighted by Crippen LogP contribution is -2.43. The average Bonchev–Trinajstić information content (AvgIpc) is 2.54. The first-order chi connectivity index (χ1) is 10.6. The molecule has 1 aromatic carbocycles. The van der Waals surface area contributed by atoms with Crippen molar-refractivity contribution in [3.63, 3.8) is 0 Å². The van der Waals surface area contributed by atoms with Crippen LogP contribution in [0.5, 0.6) is 0 Å². The highest BCUT2D eigenvalue weighted by Gasteiger charge is 2.33. The van der Waals surface area contributed by atoms with E-state index < -0.39 is 0 Å². The fourth-order valence-electron chi connectivity index (χ4n) is 3.08. The molecule has 0 spiro atoms. The summed E-state index contributed by atoms with van der Waals surface area (Å²) in [6.07, 6.45) is 1.02. The van der Waals surface area contributed by atoms with E-state index in [0.29, 0.717) is 19.4 Å². The van der Waals surface area contributed by atoms with Gasteiger partial charge in [0.05, 0.1) is 20.1 Å². The normalized spacial score (nSPS) is 22.1. The summed E-state index contributed by atoms with van der Waals surface area (Å²) < 4.78 is 9.64. The topological polar surface area (TPSA) is 55.8 Å². The van der Waals surface area contributed by atoms with E-state index in [1.165, 1.54) is 19.8 Å².